The molecule has 1 heterocycles. The van der Waals surface area contributed by atoms with E-state index in [1.807, 2.05) is 13.8 Å². The van der Waals surface area contributed by atoms with Crippen molar-refractivity contribution in [1.82, 2.24) is 0 Å². The number of anilines is 1. The highest BCUT2D eigenvalue weighted by molar-refractivity contribution is 7.16. The van der Waals surface area contributed by atoms with Gasteiger partial charge in [0.15, 0.2) is 0 Å². The molecule has 0 saturated carbocycles. The van der Waals surface area contributed by atoms with E-state index in [0.29, 0.717) is 27.6 Å². The maximum atomic E-state index is 12.6. The van der Waals surface area contributed by atoms with Crippen LogP contribution in [0.25, 0.3) is 0 Å². The number of nitrogens with zero attached hydrogens (tertiary/aromatic N) is 1. The van der Waals surface area contributed by atoms with Crippen LogP contribution in [0.3, 0.4) is 0 Å². The second-order valence-corrected chi connectivity index (χ2v) is 5.82. The van der Waals surface area contributed by atoms with Crippen molar-refractivity contribution < 1.29 is 14.3 Å². The molecule has 0 atom stereocenters. The van der Waals surface area contributed by atoms with Crippen LogP contribution < -0.4 is 14.8 Å². The monoisotopic (exact) mass is 316 g/mol. The van der Waals surface area contributed by atoms with Gasteiger partial charge >= 0.3 is 0 Å². The first kappa shape index (κ1) is 15.9. The van der Waals surface area contributed by atoms with Gasteiger partial charge in [0.1, 0.15) is 28.1 Å². The van der Waals surface area contributed by atoms with Gasteiger partial charge in [0, 0.05) is 4.88 Å². The second-order valence-electron chi connectivity index (χ2n) is 4.59. The third kappa shape index (κ3) is 2.76. The average Bonchev–Trinajstić information content (AvgIpc) is 2.79. The number of thiophene rings is 1. The molecule has 22 heavy (non-hydrogen) atoms. The number of hydrogen-bond acceptors (Lipinski definition) is 5. The number of methoxy groups -OCH3 is 2. The van der Waals surface area contributed by atoms with E-state index in [9.17, 15) is 10.1 Å². The summed E-state index contributed by atoms with van der Waals surface area (Å²) in [4.78, 5) is 13.6. The molecule has 1 N–H and O–H groups in total. The molecule has 0 fully saturated rings. The number of amides is 1. The summed E-state index contributed by atoms with van der Waals surface area (Å²) < 4.78 is 10.5. The molecule has 0 aliphatic rings. The number of rotatable bonds is 4. The Morgan fingerprint density at radius 1 is 1.23 bits per heavy atom. The summed E-state index contributed by atoms with van der Waals surface area (Å²) in [6.07, 6.45) is 0. The zero-order valence-corrected chi connectivity index (χ0v) is 13.6. The molecule has 0 saturated heterocycles. The van der Waals surface area contributed by atoms with Gasteiger partial charge in [-0.25, -0.2) is 0 Å². The molecule has 0 aliphatic heterocycles. The van der Waals surface area contributed by atoms with Crippen LogP contribution in [0.2, 0.25) is 0 Å². The van der Waals surface area contributed by atoms with Crippen molar-refractivity contribution in [1.29, 1.82) is 5.26 Å². The molecule has 5 nitrogen and oxygen atoms in total. The Balaban J connectivity index is 2.43. The van der Waals surface area contributed by atoms with Gasteiger partial charge in [-0.15, -0.1) is 11.3 Å². The highest BCUT2D eigenvalue weighted by atomic mass is 32.1. The molecule has 114 valence electrons. The molecule has 0 aliphatic carbocycles. The van der Waals surface area contributed by atoms with E-state index >= 15 is 0 Å². The fourth-order valence-corrected chi connectivity index (χ4v) is 3.10. The first-order chi connectivity index (χ1) is 10.5. The van der Waals surface area contributed by atoms with Crippen molar-refractivity contribution >= 4 is 22.2 Å². The molecule has 0 bridgehead atoms. The van der Waals surface area contributed by atoms with Crippen LogP contribution in [0, 0.1) is 25.2 Å². The first-order valence-corrected chi connectivity index (χ1v) is 7.37. The Morgan fingerprint density at radius 2 is 1.82 bits per heavy atom. The van der Waals surface area contributed by atoms with Crippen molar-refractivity contribution in [2.24, 2.45) is 0 Å². The van der Waals surface area contributed by atoms with Gasteiger partial charge in [-0.1, -0.05) is 6.07 Å². The van der Waals surface area contributed by atoms with Crippen LogP contribution in [0.15, 0.2) is 18.2 Å². The summed E-state index contributed by atoms with van der Waals surface area (Å²) in [6.45, 7) is 3.78. The lowest BCUT2D eigenvalue weighted by Gasteiger charge is -2.12. The number of ether oxygens (including phenoxy) is 2. The van der Waals surface area contributed by atoms with Crippen LogP contribution in [-0.2, 0) is 0 Å². The van der Waals surface area contributed by atoms with Crippen LogP contribution in [0.5, 0.6) is 11.5 Å². The molecular weight excluding hydrogens is 300 g/mol. The van der Waals surface area contributed by atoms with E-state index in [2.05, 4.69) is 11.4 Å². The molecular formula is C16H16N2O3S. The number of carbonyl (C=O) groups is 1. The van der Waals surface area contributed by atoms with E-state index in [1.165, 1.54) is 25.6 Å². The fraction of sp³-hybridized carbons (Fsp3) is 0.250. The molecule has 0 spiro atoms. The molecule has 1 amide bonds. The van der Waals surface area contributed by atoms with Gasteiger partial charge in [0.2, 0.25) is 0 Å². The van der Waals surface area contributed by atoms with Crippen molar-refractivity contribution in [3.05, 3.63) is 39.8 Å². The second kappa shape index (κ2) is 6.50. The summed E-state index contributed by atoms with van der Waals surface area (Å²) in [7, 11) is 2.98. The van der Waals surface area contributed by atoms with E-state index < -0.39 is 0 Å². The Kier molecular flexibility index (Phi) is 4.68. The highest BCUT2D eigenvalue weighted by Crippen LogP contribution is 2.34. The van der Waals surface area contributed by atoms with E-state index in [0.717, 1.165) is 10.4 Å². The minimum Gasteiger partial charge on any atom is -0.496 e. The third-order valence-electron chi connectivity index (χ3n) is 3.38. The number of carbonyl (C=O) groups excluding carboxylic acids is 1. The van der Waals surface area contributed by atoms with Gasteiger partial charge < -0.3 is 14.8 Å². The Hall–Kier alpha value is -2.52. The number of nitrogens with one attached hydrogen (secondary N) is 1. The number of nitriles is 1. The smallest absolute Gasteiger partial charge is 0.263 e. The lowest BCUT2D eigenvalue weighted by Crippen LogP contribution is -2.14. The van der Waals surface area contributed by atoms with Gasteiger partial charge in [-0.05, 0) is 31.5 Å². The van der Waals surface area contributed by atoms with E-state index in [4.69, 9.17) is 9.47 Å². The average molecular weight is 316 g/mol. The topological polar surface area (TPSA) is 71.3 Å². The summed E-state index contributed by atoms with van der Waals surface area (Å²) in [5.74, 6) is 0.466. The van der Waals surface area contributed by atoms with Crippen LogP contribution in [0.1, 0.15) is 26.4 Å². The number of benzene rings is 1. The lowest BCUT2D eigenvalue weighted by molar-refractivity contribution is 0.102. The maximum absolute atomic E-state index is 12.6. The summed E-state index contributed by atoms with van der Waals surface area (Å²) in [5, 5.41) is 12.6. The predicted molar refractivity (Wildman–Crippen MR) is 86.0 cm³/mol. The molecule has 2 rings (SSSR count). The molecule has 6 heteroatoms. The summed E-state index contributed by atoms with van der Waals surface area (Å²) in [5.41, 5.74) is 1.68. The number of hydrogen-bond donors (Lipinski definition) is 1. The van der Waals surface area contributed by atoms with Gasteiger partial charge in [0.05, 0.1) is 19.8 Å². The molecule has 1 aromatic heterocycles. The minimum absolute atomic E-state index is 0.306. The lowest BCUT2D eigenvalue weighted by atomic mass is 10.1. The molecule has 0 unspecified atom stereocenters. The van der Waals surface area contributed by atoms with Crippen LogP contribution >= 0.6 is 11.3 Å². The fourth-order valence-electron chi connectivity index (χ4n) is 2.09. The van der Waals surface area contributed by atoms with Gasteiger partial charge in [0.25, 0.3) is 5.91 Å². The van der Waals surface area contributed by atoms with Gasteiger partial charge in [-0.3, -0.25) is 4.79 Å². The third-order valence-corrected chi connectivity index (χ3v) is 4.50. The standard InChI is InChI=1S/C16H16N2O3S/c1-9-10(2)22-16(11(9)8-17)18-15(19)14-12(20-3)6-5-7-13(14)21-4/h5-7H,1-4H3,(H,18,19). The first-order valence-electron chi connectivity index (χ1n) is 6.55. The summed E-state index contributed by atoms with van der Waals surface area (Å²) >= 11 is 1.38. The van der Waals surface area contributed by atoms with Crippen molar-refractivity contribution in [2.45, 2.75) is 13.8 Å². The Morgan fingerprint density at radius 3 is 2.32 bits per heavy atom. The number of aryl methyl sites for hydroxylation is 1. The van der Waals surface area contributed by atoms with E-state index in [-0.39, 0.29) is 5.91 Å². The van der Waals surface area contributed by atoms with Crippen molar-refractivity contribution in [2.75, 3.05) is 19.5 Å². The zero-order chi connectivity index (χ0) is 16.3. The zero-order valence-electron chi connectivity index (χ0n) is 12.8. The molecule has 0 radical (unpaired) electrons. The largest absolute Gasteiger partial charge is 0.496 e. The Labute approximate surface area is 133 Å². The van der Waals surface area contributed by atoms with Gasteiger partial charge in [-0.2, -0.15) is 5.26 Å². The van der Waals surface area contributed by atoms with E-state index in [1.54, 1.807) is 18.2 Å². The van der Waals surface area contributed by atoms with Crippen molar-refractivity contribution in [3.63, 3.8) is 0 Å². The normalized spacial score (nSPS) is 9.95. The van der Waals surface area contributed by atoms with Crippen molar-refractivity contribution in [3.8, 4) is 17.6 Å². The Bertz CT molecular complexity index is 737. The van der Waals surface area contributed by atoms with Crippen LogP contribution in [-0.4, -0.2) is 20.1 Å². The maximum Gasteiger partial charge on any atom is 0.263 e. The predicted octanol–water partition coefficient (Wildman–Crippen LogP) is 3.51. The quantitative estimate of drug-likeness (QED) is 0.937. The molecule has 2 aromatic rings. The minimum atomic E-state index is -0.368. The molecule has 1 aromatic carbocycles. The van der Waals surface area contributed by atoms with Crippen LogP contribution in [0.4, 0.5) is 5.00 Å². The SMILES string of the molecule is COc1cccc(OC)c1C(=O)Nc1sc(C)c(C)c1C#N. The highest BCUT2D eigenvalue weighted by Gasteiger charge is 2.21. The summed E-state index contributed by atoms with van der Waals surface area (Å²) in [6, 6.07) is 7.25.